The summed E-state index contributed by atoms with van der Waals surface area (Å²) in [4.78, 5) is 74.4. The van der Waals surface area contributed by atoms with Gasteiger partial charge in [0.1, 0.15) is 23.7 Å². The fraction of sp³-hybridized carbons (Fsp3) is 0.600. The molecule has 4 amide bonds. The molecule has 4 N–H and O–H groups in total. The molecule has 4 fully saturated rings. The average Bonchev–Trinajstić information content (AvgIpc) is 4.18. The lowest BCUT2D eigenvalue weighted by Gasteiger charge is -2.31. The number of alkyl carbamates (subject to hydrolysis) is 2. The first-order valence-electron chi connectivity index (χ1n) is 25.5. The van der Waals surface area contributed by atoms with E-state index < -0.39 is 24.3 Å². The van der Waals surface area contributed by atoms with Gasteiger partial charge in [0.25, 0.3) is 0 Å². The molecule has 10 rings (SSSR count). The SMILES string of the molecule is COC(=O)N[C@H](C(=O)N1CC(C)(C)C[C@H]1c1ncc(-c2ccc(-c3ccc(-c4cnc([C@@H]5CC(C)(C)CN5C(=O)[C@@H](NC(=O)OC)C(C)C)[nH]4)c4c3C3CCC4(C)C3)c3c2C2CCC3C2)[nH]1)C(C)C. The summed E-state index contributed by atoms with van der Waals surface area (Å²) < 4.78 is 9.79. The number of nitrogens with one attached hydrogen (secondary N) is 4. The largest absolute Gasteiger partial charge is 0.453 e. The van der Waals surface area contributed by atoms with Crippen LogP contribution in [0.25, 0.3) is 33.6 Å². The number of imidazole rings is 2. The van der Waals surface area contributed by atoms with Gasteiger partial charge in [-0.1, -0.05) is 86.6 Å². The molecule has 14 nitrogen and oxygen atoms in total. The van der Waals surface area contributed by atoms with Crippen LogP contribution in [0.5, 0.6) is 0 Å². The van der Waals surface area contributed by atoms with Gasteiger partial charge in [-0.3, -0.25) is 9.59 Å². The molecule has 4 bridgehead atoms. The van der Waals surface area contributed by atoms with Gasteiger partial charge in [-0.05, 0) is 131 Å². The van der Waals surface area contributed by atoms with Crippen molar-refractivity contribution >= 4 is 24.0 Å². The first kappa shape index (κ1) is 47.0. The number of carbonyl (C=O) groups excluding carboxylic acids is 4. The minimum Gasteiger partial charge on any atom is -0.453 e. The maximum absolute atomic E-state index is 14.2. The van der Waals surface area contributed by atoms with Gasteiger partial charge in [-0.15, -0.1) is 0 Å². The zero-order valence-corrected chi connectivity index (χ0v) is 42.5. The molecule has 4 aliphatic carbocycles. The third kappa shape index (κ3) is 8.01. The smallest absolute Gasteiger partial charge is 0.407 e. The number of methoxy groups -OCH3 is 2. The van der Waals surface area contributed by atoms with E-state index in [4.69, 9.17) is 19.4 Å². The first-order valence-corrected chi connectivity index (χ1v) is 25.5. The highest BCUT2D eigenvalue weighted by molar-refractivity contribution is 5.88. The second-order valence-electron chi connectivity index (χ2n) is 23.9. The van der Waals surface area contributed by atoms with Crippen molar-refractivity contribution in [2.24, 2.45) is 22.7 Å². The van der Waals surface area contributed by atoms with E-state index >= 15 is 0 Å². The minimum absolute atomic E-state index is 0.0427. The fourth-order valence-corrected chi connectivity index (χ4v) is 13.9. The van der Waals surface area contributed by atoms with Crippen LogP contribution in [0.4, 0.5) is 9.59 Å². The summed E-state index contributed by atoms with van der Waals surface area (Å²) in [5.74, 6) is 2.51. The average molecular weight is 941 g/mol. The van der Waals surface area contributed by atoms with E-state index in [1.54, 1.807) is 0 Å². The summed E-state index contributed by atoms with van der Waals surface area (Å²) >= 11 is 0. The molecule has 4 unspecified atom stereocenters. The van der Waals surface area contributed by atoms with Gasteiger partial charge < -0.3 is 39.9 Å². The quantitative estimate of drug-likeness (QED) is 0.115. The summed E-state index contributed by atoms with van der Waals surface area (Å²) in [6.45, 7) is 20.1. The Bertz CT molecular complexity index is 2710. The monoisotopic (exact) mass is 941 g/mol. The molecule has 4 aromatic rings. The van der Waals surface area contributed by atoms with Crippen LogP contribution in [0.1, 0.15) is 177 Å². The lowest BCUT2D eigenvalue weighted by molar-refractivity contribution is -0.136. The van der Waals surface area contributed by atoms with Crippen molar-refractivity contribution in [1.82, 2.24) is 40.4 Å². The van der Waals surface area contributed by atoms with Gasteiger partial charge in [0.05, 0.1) is 50.1 Å². The van der Waals surface area contributed by atoms with Crippen LogP contribution >= 0.6 is 0 Å². The molecule has 69 heavy (non-hydrogen) atoms. The number of benzene rings is 2. The maximum Gasteiger partial charge on any atom is 0.407 e. The highest BCUT2D eigenvalue weighted by Crippen LogP contribution is 2.64. The molecular weight excluding hydrogens is 869 g/mol. The van der Waals surface area contributed by atoms with Crippen molar-refractivity contribution in [2.75, 3.05) is 27.3 Å². The van der Waals surface area contributed by atoms with Crippen molar-refractivity contribution in [2.45, 2.75) is 161 Å². The van der Waals surface area contributed by atoms with Gasteiger partial charge in [0.2, 0.25) is 11.8 Å². The number of ether oxygens (including phenoxy) is 2. The van der Waals surface area contributed by atoms with Crippen molar-refractivity contribution in [3.8, 4) is 33.6 Å². The van der Waals surface area contributed by atoms with Crippen LogP contribution in [0.2, 0.25) is 0 Å². The summed E-state index contributed by atoms with van der Waals surface area (Å²) in [5, 5.41) is 5.58. The van der Waals surface area contributed by atoms with Crippen LogP contribution in [0.3, 0.4) is 0 Å². The molecule has 14 heteroatoms. The Kier molecular flexibility index (Phi) is 11.6. The lowest BCUT2D eigenvalue weighted by Crippen LogP contribution is -2.51. The number of amides is 4. The second kappa shape index (κ2) is 17.0. The molecule has 2 saturated carbocycles. The number of H-pyrrole nitrogens is 2. The van der Waals surface area contributed by atoms with Gasteiger partial charge in [0, 0.05) is 24.2 Å². The van der Waals surface area contributed by atoms with Gasteiger partial charge in [-0.2, -0.15) is 0 Å². The molecule has 368 valence electrons. The number of carbonyl (C=O) groups is 4. The van der Waals surface area contributed by atoms with Crippen LogP contribution in [-0.4, -0.2) is 93.1 Å². The zero-order chi connectivity index (χ0) is 49.1. The van der Waals surface area contributed by atoms with E-state index in [9.17, 15) is 19.2 Å². The Morgan fingerprint density at radius 1 is 0.623 bits per heavy atom. The van der Waals surface area contributed by atoms with Crippen molar-refractivity contribution in [3.05, 3.63) is 70.6 Å². The van der Waals surface area contributed by atoms with Crippen LogP contribution < -0.4 is 10.6 Å². The number of rotatable bonds is 11. The van der Waals surface area contributed by atoms with E-state index in [0.717, 1.165) is 55.1 Å². The van der Waals surface area contributed by atoms with Crippen molar-refractivity contribution < 1.29 is 28.7 Å². The van der Waals surface area contributed by atoms with E-state index in [-0.39, 0.29) is 52.0 Å². The third-order valence-electron chi connectivity index (χ3n) is 17.0. The van der Waals surface area contributed by atoms with Crippen LogP contribution in [0.15, 0.2) is 36.7 Å². The topological polar surface area (TPSA) is 175 Å². The standard InChI is InChI=1S/C55H72N8O6/c1-28(2)45(60-51(66)68-10)49(64)62-26-53(5,6)22-39(62)47-56-24-37(58-47)35-16-14-33(41-30-12-13-31(20-30)42(35)41)34-15-17-36(44-43(34)32-18-19-55(44,9)21-32)38-25-57-48(59-38)40-23-54(7,8)27-63(40)50(65)46(29(3)4)61-52(67)69-11/h14-17,24-25,28-32,39-40,45-46H,12-13,18-23,26-27H2,1-11H3,(H,56,58)(H,57,59)(H,60,66)(H,61,67)/t30?,31?,32?,39-,40-,45-,46-,55?/m0/s1. The van der Waals surface area contributed by atoms with Gasteiger partial charge >= 0.3 is 12.2 Å². The molecule has 2 aromatic heterocycles. The Morgan fingerprint density at radius 2 is 1.07 bits per heavy atom. The van der Waals surface area contributed by atoms with Crippen LogP contribution in [-0.2, 0) is 24.5 Å². The van der Waals surface area contributed by atoms with Gasteiger partial charge in [-0.25, -0.2) is 19.6 Å². The molecule has 0 spiro atoms. The van der Waals surface area contributed by atoms with Crippen molar-refractivity contribution in [3.63, 3.8) is 0 Å². The minimum atomic E-state index is -0.716. The number of hydrogen-bond acceptors (Lipinski definition) is 8. The highest BCUT2D eigenvalue weighted by Gasteiger charge is 2.51. The van der Waals surface area contributed by atoms with Crippen LogP contribution in [0, 0.1) is 22.7 Å². The number of hydrogen-bond donors (Lipinski definition) is 4. The predicted octanol–water partition coefficient (Wildman–Crippen LogP) is 10.4. The molecule has 0 radical (unpaired) electrons. The third-order valence-corrected chi connectivity index (χ3v) is 17.0. The molecule has 8 atom stereocenters. The zero-order valence-electron chi connectivity index (χ0n) is 42.5. The molecule has 4 heterocycles. The summed E-state index contributed by atoms with van der Waals surface area (Å²) in [7, 11) is 2.64. The number of nitrogens with zero attached hydrogens (tertiary/aromatic N) is 4. The molecular formula is C55H72N8O6. The van der Waals surface area contributed by atoms with E-state index in [2.05, 4.69) is 79.5 Å². The number of fused-ring (bicyclic) bond motifs is 10. The fourth-order valence-electron chi connectivity index (χ4n) is 13.9. The summed E-state index contributed by atoms with van der Waals surface area (Å²) in [5.41, 5.74) is 12.7. The molecule has 2 aromatic carbocycles. The predicted molar refractivity (Wildman–Crippen MR) is 264 cm³/mol. The second-order valence-corrected chi connectivity index (χ2v) is 23.9. The van der Waals surface area contributed by atoms with Gasteiger partial charge in [0.15, 0.2) is 0 Å². The Labute approximate surface area is 406 Å². The number of aromatic amines is 2. The van der Waals surface area contributed by atoms with Crippen molar-refractivity contribution in [1.29, 1.82) is 0 Å². The lowest BCUT2D eigenvalue weighted by atomic mass is 9.74. The number of aromatic nitrogens is 4. The van der Waals surface area contributed by atoms with E-state index in [1.165, 1.54) is 78.0 Å². The summed E-state index contributed by atoms with van der Waals surface area (Å²) in [6, 6.07) is 7.45. The molecule has 2 aliphatic heterocycles. The molecule has 2 saturated heterocycles. The Morgan fingerprint density at radius 3 is 1.57 bits per heavy atom. The Hall–Kier alpha value is -5.66. The number of likely N-dealkylation sites (tertiary alicyclic amines) is 2. The van der Waals surface area contributed by atoms with E-state index in [1.807, 2.05) is 49.9 Å². The summed E-state index contributed by atoms with van der Waals surface area (Å²) in [6.07, 6.45) is 11.2. The molecule has 6 aliphatic rings. The first-order chi connectivity index (χ1) is 32.7. The highest BCUT2D eigenvalue weighted by atomic mass is 16.5. The maximum atomic E-state index is 14.2. The van der Waals surface area contributed by atoms with E-state index in [0.29, 0.717) is 30.8 Å². The Balaban J connectivity index is 0.990. The normalized spacial score (nSPS) is 26.7.